The molecule has 1 atom stereocenters. The van der Waals surface area contributed by atoms with E-state index in [4.69, 9.17) is 9.15 Å². The number of thioether (sulfide) groups is 1. The number of anilines is 1. The fourth-order valence-corrected chi connectivity index (χ4v) is 3.62. The second kappa shape index (κ2) is 8.22. The highest BCUT2D eigenvalue weighted by Gasteiger charge is 2.16. The van der Waals surface area contributed by atoms with E-state index in [1.165, 1.54) is 23.1 Å². The summed E-state index contributed by atoms with van der Waals surface area (Å²) in [5, 5.41) is 5.21. The van der Waals surface area contributed by atoms with E-state index in [1.807, 2.05) is 48.7 Å². The molecule has 0 bridgehead atoms. The van der Waals surface area contributed by atoms with Crippen molar-refractivity contribution in [1.82, 2.24) is 4.98 Å². The van der Waals surface area contributed by atoms with Gasteiger partial charge in [-0.2, -0.15) is 0 Å². The van der Waals surface area contributed by atoms with Crippen molar-refractivity contribution in [3.63, 3.8) is 0 Å². The minimum atomic E-state index is -0.196. The van der Waals surface area contributed by atoms with Gasteiger partial charge in [0.2, 0.25) is 5.91 Å². The maximum atomic E-state index is 12.3. The zero-order chi connectivity index (χ0) is 17.6. The number of thiazole rings is 1. The molecule has 2 aromatic heterocycles. The lowest BCUT2D eigenvalue weighted by Crippen LogP contribution is -2.22. The van der Waals surface area contributed by atoms with Gasteiger partial charge in [0.05, 0.1) is 30.1 Å². The van der Waals surface area contributed by atoms with Crippen LogP contribution in [0.5, 0.6) is 5.75 Å². The van der Waals surface area contributed by atoms with Crippen LogP contribution >= 0.6 is 23.1 Å². The molecule has 0 fully saturated rings. The first kappa shape index (κ1) is 17.6. The topological polar surface area (TPSA) is 64.4 Å². The van der Waals surface area contributed by atoms with Crippen LogP contribution in [0.3, 0.4) is 0 Å². The van der Waals surface area contributed by atoms with Gasteiger partial charge in [-0.25, -0.2) is 4.98 Å². The Hall–Kier alpha value is -2.25. The van der Waals surface area contributed by atoms with Crippen molar-refractivity contribution >= 4 is 34.1 Å². The van der Waals surface area contributed by atoms with E-state index in [0.717, 1.165) is 22.8 Å². The Bertz CT molecular complexity index is 813. The highest BCUT2D eigenvalue weighted by atomic mass is 32.2. The Balaban J connectivity index is 1.57. The molecule has 0 saturated heterocycles. The van der Waals surface area contributed by atoms with Crippen molar-refractivity contribution in [1.29, 1.82) is 0 Å². The highest BCUT2D eigenvalue weighted by Crippen LogP contribution is 2.27. The smallest absolute Gasteiger partial charge is 0.239 e. The average Bonchev–Trinajstić information content (AvgIpc) is 3.31. The Morgan fingerprint density at radius 3 is 2.84 bits per heavy atom. The monoisotopic (exact) mass is 374 g/mol. The summed E-state index contributed by atoms with van der Waals surface area (Å²) in [6.07, 6.45) is 1.64. The number of methoxy groups -OCH3 is 1. The number of hydrogen-bond acceptors (Lipinski definition) is 6. The summed E-state index contributed by atoms with van der Waals surface area (Å²) in [5.74, 6) is 2.26. The molecule has 0 aliphatic carbocycles. The van der Waals surface area contributed by atoms with Crippen LogP contribution in [0.2, 0.25) is 0 Å². The third-order valence-electron chi connectivity index (χ3n) is 3.55. The number of rotatable bonds is 7. The molecule has 0 spiro atoms. The number of nitrogens with one attached hydrogen (secondary N) is 1. The van der Waals surface area contributed by atoms with Crippen LogP contribution < -0.4 is 10.1 Å². The lowest BCUT2D eigenvalue weighted by molar-refractivity contribution is -0.115. The molecule has 130 valence electrons. The summed E-state index contributed by atoms with van der Waals surface area (Å²) >= 11 is 2.94. The maximum Gasteiger partial charge on any atom is 0.239 e. The molecule has 0 aliphatic heterocycles. The fraction of sp³-hybridized carbons (Fsp3) is 0.222. The number of benzene rings is 1. The van der Waals surface area contributed by atoms with Gasteiger partial charge in [0, 0.05) is 10.9 Å². The Kier molecular flexibility index (Phi) is 5.78. The average molecular weight is 374 g/mol. The van der Waals surface area contributed by atoms with Crippen LogP contribution in [0, 0.1) is 0 Å². The van der Waals surface area contributed by atoms with Crippen LogP contribution in [0.4, 0.5) is 5.13 Å². The summed E-state index contributed by atoms with van der Waals surface area (Å²) in [6, 6.07) is 11.4. The quantitative estimate of drug-likeness (QED) is 0.651. The molecule has 2 heterocycles. The number of carbonyl (C=O) groups excluding carboxylic acids is 1. The summed E-state index contributed by atoms with van der Waals surface area (Å²) in [4.78, 5) is 16.8. The predicted molar refractivity (Wildman–Crippen MR) is 102 cm³/mol. The largest absolute Gasteiger partial charge is 0.497 e. The van der Waals surface area contributed by atoms with Crippen LogP contribution in [0.25, 0.3) is 11.3 Å². The minimum Gasteiger partial charge on any atom is -0.497 e. The number of ether oxygens (including phenoxy) is 1. The van der Waals surface area contributed by atoms with Crippen molar-refractivity contribution in [3.05, 3.63) is 53.8 Å². The third kappa shape index (κ3) is 4.64. The zero-order valence-electron chi connectivity index (χ0n) is 13.9. The van der Waals surface area contributed by atoms with Crippen molar-refractivity contribution in [3.8, 4) is 17.0 Å². The van der Waals surface area contributed by atoms with E-state index in [0.29, 0.717) is 10.9 Å². The number of aromatic nitrogens is 1. The first-order valence-electron chi connectivity index (χ1n) is 7.70. The molecule has 3 aromatic rings. The van der Waals surface area contributed by atoms with Crippen molar-refractivity contribution in [2.75, 3.05) is 12.4 Å². The van der Waals surface area contributed by atoms with Gasteiger partial charge in [-0.3, -0.25) is 4.79 Å². The molecular weight excluding hydrogens is 356 g/mol. The molecule has 5 nitrogen and oxygen atoms in total. The molecule has 0 saturated carbocycles. The standard InChI is InChI=1S/C18H18N2O3S2/c1-12(24-10-15-4-3-9-23-15)17(21)20-18-19-16(11-25-18)13-5-7-14(22-2)8-6-13/h3-9,11-12H,10H2,1-2H3,(H,19,20,21). The summed E-state index contributed by atoms with van der Waals surface area (Å²) < 4.78 is 10.4. The highest BCUT2D eigenvalue weighted by molar-refractivity contribution is 7.99. The van der Waals surface area contributed by atoms with Crippen molar-refractivity contribution in [2.24, 2.45) is 0 Å². The zero-order valence-corrected chi connectivity index (χ0v) is 15.5. The number of hydrogen-bond donors (Lipinski definition) is 1. The molecule has 1 aromatic carbocycles. The Morgan fingerprint density at radius 2 is 2.16 bits per heavy atom. The number of nitrogens with zero attached hydrogens (tertiary/aromatic N) is 1. The molecule has 25 heavy (non-hydrogen) atoms. The van der Waals surface area contributed by atoms with Gasteiger partial charge < -0.3 is 14.5 Å². The number of carbonyl (C=O) groups is 1. The van der Waals surface area contributed by atoms with E-state index >= 15 is 0 Å². The lowest BCUT2D eigenvalue weighted by atomic mass is 10.2. The summed E-state index contributed by atoms with van der Waals surface area (Å²) in [5.41, 5.74) is 1.82. The second-order valence-corrected chi connectivity index (χ2v) is 7.48. The first-order valence-corrected chi connectivity index (χ1v) is 9.63. The molecule has 1 amide bonds. The van der Waals surface area contributed by atoms with Gasteiger partial charge in [-0.15, -0.1) is 23.1 Å². The van der Waals surface area contributed by atoms with Gasteiger partial charge in [0.15, 0.2) is 5.13 Å². The van der Waals surface area contributed by atoms with E-state index in [-0.39, 0.29) is 11.2 Å². The van der Waals surface area contributed by atoms with Crippen molar-refractivity contribution in [2.45, 2.75) is 17.9 Å². The maximum absolute atomic E-state index is 12.3. The molecule has 0 aliphatic rings. The normalized spacial score (nSPS) is 11.9. The number of amides is 1. The number of furan rings is 1. The third-order valence-corrected chi connectivity index (χ3v) is 5.47. The van der Waals surface area contributed by atoms with Gasteiger partial charge >= 0.3 is 0 Å². The van der Waals surface area contributed by atoms with Gasteiger partial charge in [0.1, 0.15) is 11.5 Å². The summed E-state index contributed by atoms with van der Waals surface area (Å²) in [7, 11) is 1.64. The predicted octanol–water partition coefficient (Wildman–Crippen LogP) is 4.67. The molecule has 1 unspecified atom stereocenters. The fourth-order valence-electron chi connectivity index (χ4n) is 2.11. The van der Waals surface area contributed by atoms with E-state index in [2.05, 4.69) is 10.3 Å². The molecule has 1 N–H and O–H groups in total. The molecule has 3 rings (SSSR count). The molecule has 7 heteroatoms. The van der Waals surface area contributed by atoms with Gasteiger partial charge in [-0.05, 0) is 43.3 Å². The molecular formula is C18H18N2O3S2. The van der Waals surface area contributed by atoms with Crippen molar-refractivity contribution < 1.29 is 13.9 Å². The SMILES string of the molecule is COc1ccc(-c2csc(NC(=O)C(C)SCc3ccco3)n2)cc1. The van der Waals surface area contributed by atoms with Crippen LogP contribution in [-0.4, -0.2) is 23.3 Å². The van der Waals surface area contributed by atoms with E-state index in [9.17, 15) is 4.79 Å². The van der Waals surface area contributed by atoms with Crippen LogP contribution in [0.15, 0.2) is 52.5 Å². The summed E-state index contributed by atoms with van der Waals surface area (Å²) in [6.45, 7) is 1.88. The Labute approximate surface area is 154 Å². The lowest BCUT2D eigenvalue weighted by Gasteiger charge is -2.09. The molecule has 0 radical (unpaired) electrons. The minimum absolute atomic E-state index is 0.0628. The van der Waals surface area contributed by atoms with Gasteiger partial charge in [-0.1, -0.05) is 0 Å². The van der Waals surface area contributed by atoms with E-state index in [1.54, 1.807) is 13.4 Å². The van der Waals surface area contributed by atoms with Crippen LogP contribution in [-0.2, 0) is 10.5 Å². The van der Waals surface area contributed by atoms with Gasteiger partial charge in [0.25, 0.3) is 0 Å². The van der Waals surface area contributed by atoms with Crippen LogP contribution in [0.1, 0.15) is 12.7 Å². The second-order valence-electron chi connectivity index (χ2n) is 5.29. The Morgan fingerprint density at radius 1 is 1.36 bits per heavy atom. The first-order chi connectivity index (χ1) is 12.2. The van der Waals surface area contributed by atoms with E-state index < -0.39 is 0 Å².